The van der Waals surface area contributed by atoms with Crippen molar-refractivity contribution >= 4 is 43.7 Å². The number of aromatic nitrogens is 1. The highest BCUT2D eigenvalue weighted by atomic mass is 79.9. The molecule has 22 heavy (non-hydrogen) atoms. The van der Waals surface area contributed by atoms with E-state index in [4.69, 9.17) is 0 Å². The topological polar surface area (TPSA) is 70.5 Å². The van der Waals surface area contributed by atoms with E-state index in [1.807, 2.05) is 0 Å². The molecule has 0 atom stereocenters. The first kappa shape index (κ1) is 15.2. The fourth-order valence-electron chi connectivity index (χ4n) is 2.32. The van der Waals surface area contributed by atoms with Gasteiger partial charge in [0.05, 0.1) is 14.5 Å². The van der Waals surface area contributed by atoms with Crippen molar-refractivity contribution in [2.45, 2.75) is 6.42 Å². The minimum absolute atomic E-state index is 0.119. The second-order valence-electron chi connectivity index (χ2n) is 4.82. The van der Waals surface area contributed by atoms with E-state index in [9.17, 15) is 14.7 Å². The van der Waals surface area contributed by atoms with Gasteiger partial charge in [0.2, 0.25) is 0 Å². The van der Waals surface area contributed by atoms with E-state index in [1.54, 1.807) is 24.3 Å². The molecule has 0 fully saturated rings. The van der Waals surface area contributed by atoms with Gasteiger partial charge >= 0.3 is 0 Å². The monoisotopic (exact) mass is 424 g/mol. The molecule has 0 saturated carbocycles. The first-order valence-corrected chi connectivity index (χ1v) is 8.05. The maximum Gasteiger partial charge on any atom is 0.280 e. The lowest BCUT2D eigenvalue weighted by Gasteiger charge is -2.14. The molecule has 7 heteroatoms. The number of imide groups is 1. The van der Waals surface area contributed by atoms with Gasteiger partial charge < -0.3 is 5.11 Å². The Morgan fingerprint density at radius 3 is 2.45 bits per heavy atom. The predicted molar refractivity (Wildman–Crippen MR) is 86.8 cm³/mol. The van der Waals surface area contributed by atoms with Gasteiger partial charge in [-0.25, -0.2) is 0 Å². The van der Waals surface area contributed by atoms with Gasteiger partial charge in [-0.1, -0.05) is 0 Å². The fourth-order valence-corrected chi connectivity index (χ4v) is 3.60. The van der Waals surface area contributed by atoms with Crippen LogP contribution in [0.5, 0.6) is 5.75 Å². The summed E-state index contributed by atoms with van der Waals surface area (Å²) in [7, 11) is 0. The minimum Gasteiger partial charge on any atom is -0.506 e. The lowest BCUT2D eigenvalue weighted by atomic mass is 10.1. The molecule has 2 heterocycles. The normalized spacial score (nSPS) is 13.6. The quantitative estimate of drug-likeness (QED) is 0.766. The number of aromatic hydroxyl groups is 1. The van der Waals surface area contributed by atoms with Crippen LogP contribution in [0.15, 0.2) is 39.4 Å². The summed E-state index contributed by atoms with van der Waals surface area (Å²) in [5.41, 5.74) is 1.45. The fraction of sp³-hybridized carbons (Fsp3) is 0.133. The Kier molecular flexibility index (Phi) is 4.01. The number of phenols is 1. The van der Waals surface area contributed by atoms with Gasteiger partial charge in [0.25, 0.3) is 11.8 Å². The van der Waals surface area contributed by atoms with Crippen LogP contribution in [0.2, 0.25) is 0 Å². The van der Waals surface area contributed by atoms with Gasteiger partial charge in [-0.05, 0) is 68.1 Å². The second kappa shape index (κ2) is 5.81. The van der Waals surface area contributed by atoms with Gasteiger partial charge in [0, 0.05) is 12.7 Å². The molecule has 2 aromatic rings. The number of phenolic OH excluding ortho intramolecular Hbond substituents is 1. The number of pyridine rings is 1. The Hall–Kier alpha value is -1.73. The lowest BCUT2D eigenvalue weighted by Crippen LogP contribution is -2.31. The van der Waals surface area contributed by atoms with Crippen LogP contribution in [-0.4, -0.2) is 33.3 Å². The zero-order chi connectivity index (χ0) is 15.9. The standard InChI is InChI=1S/C15H10Br2N2O3/c16-10-6-8(7-11(17)13(10)20)3-5-19-14(21)9-2-1-4-18-12(9)15(19)22/h1-2,4,6-7,20H,3,5H2. The van der Waals surface area contributed by atoms with Crippen molar-refractivity contribution in [1.29, 1.82) is 0 Å². The minimum atomic E-state index is -0.363. The number of benzene rings is 1. The third-order valence-electron chi connectivity index (χ3n) is 3.43. The molecule has 112 valence electrons. The average Bonchev–Trinajstić information content (AvgIpc) is 2.75. The SMILES string of the molecule is O=C1c2cccnc2C(=O)N1CCc1cc(Br)c(O)c(Br)c1. The number of amides is 2. The van der Waals surface area contributed by atoms with E-state index in [1.165, 1.54) is 11.1 Å². The number of halogens is 2. The van der Waals surface area contributed by atoms with Crippen molar-refractivity contribution in [1.82, 2.24) is 9.88 Å². The number of carbonyl (C=O) groups is 2. The van der Waals surface area contributed by atoms with Crippen LogP contribution < -0.4 is 0 Å². The third-order valence-corrected chi connectivity index (χ3v) is 4.64. The lowest BCUT2D eigenvalue weighted by molar-refractivity contribution is 0.0654. The highest BCUT2D eigenvalue weighted by Crippen LogP contribution is 2.33. The summed E-state index contributed by atoms with van der Waals surface area (Å²) in [4.78, 5) is 29.6. The molecule has 0 unspecified atom stereocenters. The molecule has 1 aliphatic heterocycles. The molecule has 0 radical (unpaired) electrons. The number of carbonyl (C=O) groups excluding carboxylic acids is 2. The second-order valence-corrected chi connectivity index (χ2v) is 6.53. The maximum atomic E-state index is 12.2. The Balaban J connectivity index is 1.79. The van der Waals surface area contributed by atoms with Crippen molar-refractivity contribution in [3.8, 4) is 5.75 Å². The van der Waals surface area contributed by atoms with Crippen molar-refractivity contribution in [3.63, 3.8) is 0 Å². The molecule has 3 rings (SSSR count). The van der Waals surface area contributed by atoms with E-state index >= 15 is 0 Å². The molecular weight excluding hydrogens is 416 g/mol. The van der Waals surface area contributed by atoms with Crippen LogP contribution in [0.1, 0.15) is 26.4 Å². The largest absolute Gasteiger partial charge is 0.506 e. The molecule has 1 aromatic carbocycles. The van der Waals surface area contributed by atoms with E-state index in [2.05, 4.69) is 36.8 Å². The first-order chi connectivity index (χ1) is 10.5. The smallest absolute Gasteiger partial charge is 0.280 e. The zero-order valence-corrected chi connectivity index (χ0v) is 14.4. The number of nitrogens with zero attached hydrogens (tertiary/aromatic N) is 2. The van der Waals surface area contributed by atoms with Crippen molar-refractivity contribution in [2.75, 3.05) is 6.54 Å². The van der Waals surface area contributed by atoms with Crippen molar-refractivity contribution in [2.24, 2.45) is 0 Å². The maximum absolute atomic E-state index is 12.2. The van der Waals surface area contributed by atoms with Crippen LogP contribution in [0.3, 0.4) is 0 Å². The van der Waals surface area contributed by atoms with Crippen LogP contribution >= 0.6 is 31.9 Å². The zero-order valence-electron chi connectivity index (χ0n) is 11.2. The van der Waals surface area contributed by atoms with Crippen LogP contribution in [0.25, 0.3) is 0 Å². The summed E-state index contributed by atoms with van der Waals surface area (Å²) in [6.45, 7) is 0.262. The Morgan fingerprint density at radius 2 is 1.82 bits per heavy atom. The molecule has 1 aliphatic rings. The summed E-state index contributed by atoms with van der Waals surface area (Å²) in [5, 5.41) is 9.69. The van der Waals surface area contributed by atoms with Gasteiger partial charge in [-0.15, -0.1) is 0 Å². The van der Waals surface area contributed by atoms with Gasteiger partial charge in [0.15, 0.2) is 0 Å². The number of hydrogen-bond donors (Lipinski definition) is 1. The van der Waals surface area contributed by atoms with Crippen LogP contribution in [0.4, 0.5) is 0 Å². The Labute approximate surface area is 143 Å². The molecular formula is C15H10Br2N2O3. The Morgan fingerprint density at radius 1 is 1.14 bits per heavy atom. The summed E-state index contributed by atoms with van der Waals surface area (Å²) in [5.74, 6) is -0.559. The van der Waals surface area contributed by atoms with Gasteiger partial charge in [0.1, 0.15) is 11.4 Å². The Bertz CT molecular complexity index is 734. The average molecular weight is 426 g/mol. The molecule has 5 nitrogen and oxygen atoms in total. The van der Waals surface area contributed by atoms with E-state index in [0.717, 1.165) is 5.56 Å². The molecule has 0 saturated heterocycles. The summed E-state index contributed by atoms with van der Waals surface area (Å²) in [6.07, 6.45) is 1.99. The molecule has 0 aliphatic carbocycles. The first-order valence-electron chi connectivity index (χ1n) is 6.47. The summed E-state index contributed by atoms with van der Waals surface area (Å²) in [6, 6.07) is 6.77. The van der Waals surface area contributed by atoms with Gasteiger partial charge in [-0.2, -0.15) is 0 Å². The van der Waals surface area contributed by atoms with Gasteiger partial charge in [-0.3, -0.25) is 19.5 Å². The van der Waals surface area contributed by atoms with E-state index < -0.39 is 0 Å². The van der Waals surface area contributed by atoms with E-state index in [0.29, 0.717) is 20.9 Å². The molecule has 0 spiro atoms. The highest BCUT2D eigenvalue weighted by Gasteiger charge is 2.36. The molecule has 1 aromatic heterocycles. The highest BCUT2D eigenvalue weighted by molar-refractivity contribution is 9.11. The number of rotatable bonds is 3. The van der Waals surface area contributed by atoms with E-state index in [-0.39, 0.29) is 29.8 Å². The summed E-state index contributed by atoms with van der Waals surface area (Å²) < 4.78 is 1.11. The van der Waals surface area contributed by atoms with Crippen molar-refractivity contribution < 1.29 is 14.7 Å². The van der Waals surface area contributed by atoms with Crippen molar-refractivity contribution in [3.05, 3.63) is 56.2 Å². The number of hydrogen-bond acceptors (Lipinski definition) is 4. The summed E-state index contributed by atoms with van der Waals surface area (Å²) >= 11 is 6.52. The predicted octanol–water partition coefficient (Wildman–Crippen LogP) is 3.15. The molecule has 1 N–H and O–H groups in total. The van der Waals surface area contributed by atoms with Crippen LogP contribution in [-0.2, 0) is 6.42 Å². The van der Waals surface area contributed by atoms with Crippen LogP contribution in [0, 0.1) is 0 Å². The molecule has 0 bridgehead atoms. The third kappa shape index (κ3) is 2.55. The molecule has 2 amide bonds. The number of fused-ring (bicyclic) bond motifs is 1.